The molecule has 3 aromatic heterocycles. The van der Waals surface area contributed by atoms with E-state index in [-0.39, 0.29) is 23.3 Å². The molecule has 0 saturated heterocycles. The van der Waals surface area contributed by atoms with E-state index in [1.807, 2.05) is 0 Å². The zero-order valence-corrected chi connectivity index (χ0v) is 20.8. The second-order valence-electron chi connectivity index (χ2n) is 8.13. The summed E-state index contributed by atoms with van der Waals surface area (Å²) in [6.07, 6.45) is -6.08. The summed E-state index contributed by atoms with van der Waals surface area (Å²) < 4.78 is 56.4. The SMILES string of the molecule is Cc1nn(Cc2c(Cl)cccc2Cl)c(C)c1NC(=O)Cn1nc(C)c2c(C(F)F)cc(C(F)F)nc21. The predicted molar refractivity (Wildman–Crippen MR) is 128 cm³/mol. The minimum atomic E-state index is -3.06. The van der Waals surface area contributed by atoms with Crippen LogP contribution in [0.15, 0.2) is 24.3 Å². The summed E-state index contributed by atoms with van der Waals surface area (Å²) in [5.74, 6) is -0.566. The van der Waals surface area contributed by atoms with E-state index in [2.05, 4.69) is 20.5 Å². The van der Waals surface area contributed by atoms with Crippen molar-refractivity contribution >= 4 is 45.8 Å². The molecule has 1 amide bonds. The lowest BCUT2D eigenvalue weighted by Crippen LogP contribution is -2.20. The van der Waals surface area contributed by atoms with E-state index < -0.39 is 36.6 Å². The number of alkyl halides is 4. The summed E-state index contributed by atoms with van der Waals surface area (Å²) in [7, 11) is 0. The van der Waals surface area contributed by atoms with Crippen molar-refractivity contribution in [3.8, 4) is 0 Å². The molecule has 0 aliphatic carbocycles. The molecule has 1 aromatic carbocycles. The lowest BCUT2D eigenvalue weighted by atomic mass is 10.1. The number of pyridine rings is 1. The Morgan fingerprint density at radius 3 is 2.25 bits per heavy atom. The second-order valence-corrected chi connectivity index (χ2v) is 8.95. The average Bonchev–Trinajstić information content (AvgIpc) is 3.26. The van der Waals surface area contributed by atoms with Crippen LogP contribution in [-0.2, 0) is 17.9 Å². The Labute approximate surface area is 213 Å². The molecule has 0 spiro atoms. The fourth-order valence-corrected chi connectivity index (χ4v) is 4.50. The molecule has 0 saturated carbocycles. The Morgan fingerprint density at radius 2 is 1.64 bits per heavy atom. The van der Waals surface area contributed by atoms with Gasteiger partial charge in [0.2, 0.25) is 5.91 Å². The highest BCUT2D eigenvalue weighted by molar-refractivity contribution is 6.36. The summed E-state index contributed by atoms with van der Waals surface area (Å²) in [4.78, 5) is 16.7. The molecule has 1 N–H and O–H groups in total. The topological polar surface area (TPSA) is 77.6 Å². The summed E-state index contributed by atoms with van der Waals surface area (Å²) in [5, 5.41) is 12.2. The van der Waals surface area contributed by atoms with Crippen molar-refractivity contribution in [2.45, 2.75) is 46.7 Å². The van der Waals surface area contributed by atoms with Gasteiger partial charge in [-0.3, -0.25) is 9.48 Å². The standard InChI is InChI=1S/C23H20Cl2F4N6O/c1-10-19-13(21(26)27)7-17(22(28)29)30-23(19)35(32-10)9-18(36)31-20-11(2)33-34(12(20)3)8-14-15(24)5-4-6-16(14)25/h4-7,21-22H,8-9H2,1-3H3,(H,31,36). The zero-order chi connectivity index (χ0) is 26.3. The number of hydrogen-bond acceptors (Lipinski definition) is 4. The Bertz CT molecular complexity index is 1450. The van der Waals surface area contributed by atoms with Gasteiger partial charge in [-0.15, -0.1) is 0 Å². The van der Waals surface area contributed by atoms with Gasteiger partial charge in [0.25, 0.3) is 12.9 Å². The molecular weight excluding hydrogens is 523 g/mol. The number of carbonyl (C=O) groups is 1. The van der Waals surface area contributed by atoms with Crippen molar-refractivity contribution in [3.05, 3.63) is 68.2 Å². The molecule has 0 unspecified atom stereocenters. The minimum absolute atomic E-state index is 0.0565. The first kappa shape index (κ1) is 25.9. The van der Waals surface area contributed by atoms with E-state index in [1.54, 1.807) is 36.7 Å². The molecule has 4 aromatic rings. The summed E-state index contributed by atoms with van der Waals surface area (Å²) in [6.45, 7) is 4.73. The van der Waals surface area contributed by atoms with Crippen LogP contribution < -0.4 is 5.32 Å². The van der Waals surface area contributed by atoms with Gasteiger partial charge in [-0.1, -0.05) is 29.3 Å². The number of benzene rings is 1. The smallest absolute Gasteiger partial charge is 0.280 e. The molecule has 7 nitrogen and oxygen atoms in total. The molecule has 0 bridgehead atoms. The van der Waals surface area contributed by atoms with Crippen molar-refractivity contribution in [2.75, 3.05) is 5.32 Å². The molecule has 4 rings (SSSR count). The van der Waals surface area contributed by atoms with E-state index >= 15 is 0 Å². The highest BCUT2D eigenvalue weighted by Crippen LogP contribution is 2.33. The molecule has 190 valence electrons. The van der Waals surface area contributed by atoms with Crippen molar-refractivity contribution in [1.29, 1.82) is 0 Å². The Morgan fingerprint density at radius 1 is 1.00 bits per heavy atom. The second kappa shape index (κ2) is 10.1. The quantitative estimate of drug-likeness (QED) is 0.273. The number of fused-ring (bicyclic) bond motifs is 1. The van der Waals surface area contributed by atoms with Crippen LogP contribution in [0.5, 0.6) is 0 Å². The van der Waals surface area contributed by atoms with Gasteiger partial charge in [-0.05, 0) is 39.0 Å². The maximum atomic E-state index is 13.6. The lowest BCUT2D eigenvalue weighted by Gasteiger charge is -2.10. The number of nitrogens with zero attached hydrogens (tertiary/aromatic N) is 5. The van der Waals surface area contributed by atoms with Crippen LogP contribution in [-0.4, -0.2) is 30.5 Å². The lowest BCUT2D eigenvalue weighted by molar-refractivity contribution is -0.116. The van der Waals surface area contributed by atoms with Crippen molar-refractivity contribution < 1.29 is 22.4 Å². The Kier molecular flexibility index (Phi) is 7.24. The molecule has 0 aliphatic rings. The van der Waals surface area contributed by atoms with Gasteiger partial charge in [0, 0.05) is 21.2 Å². The molecule has 0 fully saturated rings. The monoisotopic (exact) mass is 542 g/mol. The normalized spacial score (nSPS) is 11.8. The van der Waals surface area contributed by atoms with Gasteiger partial charge in [0.05, 0.1) is 34.7 Å². The van der Waals surface area contributed by atoms with Gasteiger partial charge in [0.15, 0.2) is 5.65 Å². The third-order valence-corrected chi connectivity index (χ3v) is 6.40. The van der Waals surface area contributed by atoms with Crippen LogP contribution in [0.3, 0.4) is 0 Å². The number of aromatic nitrogens is 5. The summed E-state index contributed by atoms with van der Waals surface area (Å²) in [5.41, 5.74) is 0.757. The number of hydrogen-bond donors (Lipinski definition) is 1. The largest absolute Gasteiger partial charge is 0.321 e. The van der Waals surface area contributed by atoms with Crippen molar-refractivity contribution in [3.63, 3.8) is 0 Å². The first-order chi connectivity index (χ1) is 17.0. The number of carbonyl (C=O) groups excluding carboxylic acids is 1. The predicted octanol–water partition coefficient (Wildman–Crippen LogP) is 6.42. The molecule has 0 atom stereocenters. The van der Waals surface area contributed by atoms with Crippen molar-refractivity contribution in [2.24, 2.45) is 0 Å². The first-order valence-corrected chi connectivity index (χ1v) is 11.4. The van der Waals surface area contributed by atoms with E-state index in [4.69, 9.17) is 23.2 Å². The highest BCUT2D eigenvalue weighted by Gasteiger charge is 2.24. The summed E-state index contributed by atoms with van der Waals surface area (Å²) >= 11 is 12.5. The Balaban J connectivity index is 1.62. The maximum Gasteiger partial charge on any atom is 0.280 e. The van der Waals surface area contributed by atoms with Gasteiger partial charge in [-0.25, -0.2) is 27.2 Å². The Hall–Kier alpha value is -3.18. The fourth-order valence-electron chi connectivity index (χ4n) is 3.98. The van der Waals surface area contributed by atoms with Crippen LogP contribution in [0.2, 0.25) is 10.0 Å². The molecule has 3 heterocycles. The van der Waals surface area contributed by atoms with E-state index in [0.717, 1.165) is 4.68 Å². The number of anilines is 1. The third kappa shape index (κ3) is 4.90. The third-order valence-electron chi connectivity index (χ3n) is 5.70. The van der Waals surface area contributed by atoms with Crippen molar-refractivity contribution in [1.82, 2.24) is 24.5 Å². The van der Waals surface area contributed by atoms with Crippen LogP contribution in [0.25, 0.3) is 11.0 Å². The number of nitrogens with one attached hydrogen (secondary N) is 1. The number of aryl methyl sites for hydroxylation is 2. The zero-order valence-electron chi connectivity index (χ0n) is 19.3. The van der Waals surface area contributed by atoms with E-state index in [9.17, 15) is 22.4 Å². The van der Waals surface area contributed by atoms with Gasteiger partial charge < -0.3 is 5.32 Å². The minimum Gasteiger partial charge on any atom is -0.321 e. The van der Waals surface area contributed by atoms with Crippen LogP contribution >= 0.6 is 23.2 Å². The van der Waals surface area contributed by atoms with Crippen LogP contribution in [0, 0.1) is 20.8 Å². The molecular formula is C23H20Cl2F4N6O. The number of rotatable bonds is 7. The highest BCUT2D eigenvalue weighted by atomic mass is 35.5. The van der Waals surface area contributed by atoms with Crippen LogP contribution in [0.4, 0.5) is 23.2 Å². The molecule has 13 heteroatoms. The maximum absolute atomic E-state index is 13.6. The van der Waals surface area contributed by atoms with Gasteiger partial charge in [0.1, 0.15) is 12.2 Å². The van der Waals surface area contributed by atoms with Crippen LogP contribution in [0.1, 0.15) is 46.8 Å². The van der Waals surface area contributed by atoms with Gasteiger partial charge in [-0.2, -0.15) is 10.2 Å². The molecule has 36 heavy (non-hydrogen) atoms. The first-order valence-electron chi connectivity index (χ1n) is 10.7. The molecule has 0 radical (unpaired) electrons. The van der Waals surface area contributed by atoms with E-state index in [1.165, 1.54) is 6.92 Å². The number of halogens is 6. The van der Waals surface area contributed by atoms with Gasteiger partial charge >= 0.3 is 0 Å². The summed E-state index contributed by atoms with van der Waals surface area (Å²) in [6, 6.07) is 5.81. The van der Waals surface area contributed by atoms with E-state index in [0.29, 0.717) is 38.8 Å². The molecule has 0 aliphatic heterocycles. The number of amides is 1. The average molecular weight is 543 g/mol. The fraction of sp³-hybridized carbons (Fsp3) is 0.304.